The number of nitrogens with zero attached hydrogens (tertiary/aromatic N) is 1. The summed E-state index contributed by atoms with van der Waals surface area (Å²) >= 11 is 0. The minimum Gasteiger partial charge on any atom is -0.339 e. The second kappa shape index (κ2) is 7.62. The van der Waals surface area contributed by atoms with Crippen molar-refractivity contribution in [2.45, 2.75) is 71.8 Å². The van der Waals surface area contributed by atoms with E-state index < -0.39 is 0 Å². The lowest BCUT2D eigenvalue weighted by Crippen LogP contribution is -2.52. The zero-order valence-electron chi connectivity index (χ0n) is 14.2. The van der Waals surface area contributed by atoms with Gasteiger partial charge in [0.1, 0.15) is 0 Å². The highest BCUT2D eigenvalue weighted by Gasteiger charge is 2.39. The molecule has 0 aromatic rings. The normalized spacial score (nSPS) is 31.1. The summed E-state index contributed by atoms with van der Waals surface area (Å²) < 4.78 is 0. The van der Waals surface area contributed by atoms with Crippen LogP contribution in [0.15, 0.2) is 0 Å². The molecule has 3 heteroatoms. The molecule has 4 atom stereocenters. The number of amides is 1. The van der Waals surface area contributed by atoms with Crippen molar-refractivity contribution < 1.29 is 4.79 Å². The van der Waals surface area contributed by atoms with Gasteiger partial charge in [-0.15, -0.1) is 0 Å². The Morgan fingerprint density at radius 1 is 1.24 bits per heavy atom. The number of piperidine rings is 1. The fourth-order valence-corrected chi connectivity index (χ4v) is 4.52. The second-order valence-electron chi connectivity index (χ2n) is 7.80. The smallest absolute Gasteiger partial charge is 0.223 e. The largest absolute Gasteiger partial charge is 0.339 e. The van der Waals surface area contributed by atoms with Crippen LogP contribution in [0.25, 0.3) is 0 Å². The average Bonchev–Trinajstić information content (AvgIpc) is 2.46. The topological polar surface area (TPSA) is 46.3 Å². The van der Waals surface area contributed by atoms with Gasteiger partial charge in [0.05, 0.1) is 0 Å². The third-order valence-electron chi connectivity index (χ3n) is 5.66. The summed E-state index contributed by atoms with van der Waals surface area (Å²) in [6, 6.07) is 0.521. The molecule has 1 saturated carbocycles. The quantitative estimate of drug-likeness (QED) is 0.844. The molecular weight excluding hydrogens is 260 g/mol. The Morgan fingerprint density at radius 3 is 2.62 bits per heavy atom. The van der Waals surface area contributed by atoms with Crippen LogP contribution in [-0.2, 0) is 4.79 Å². The zero-order chi connectivity index (χ0) is 15.4. The van der Waals surface area contributed by atoms with Gasteiger partial charge in [0.15, 0.2) is 0 Å². The van der Waals surface area contributed by atoms with Gasteiger partial charge in [-0.2, -0.15) is 0 Å². The van der Waals surface area contributed by atoms with E-state index in [0.717, 1.165) is 24.8 Å². The van der Waals surface area contributed by atoms with E-state index >= 15 is 0 Å². The summed E-state index contributed by atoms with van der Waals surface area (Å²) in [5.41, 5.74) is 5.88. The van der Waals surface area contributed by atoms with Gasteiger partial charge in [-0.25, -0.2) is 0 Å². The van der Waals surface area contributed by atoms with Crippen LogP contribution < -0.4 is 5.73 Å². The van der Waals surface area contributed by atoms with Gasteiger partial charge in [0, 0.05) is 19.0 Å². The molecule has 0 radical (unpaired) electrons. The standard InChI is InChI=1S/C18H34N2O/c1-13(2)10-15(12-19)11-18(21)20-9-8-14(3)16-6-4-5-7-17(16)20/h13-17H,4-12,19H2,1-3H3. The summed E-state index contributed by atoms with van der Waals surface area (Å²) in [6.45, 7) is 8.43. The molecule has 122 valence electrons. The summed E-state index contributed by atoms with van der Waals surface area (Å²) in [7, 11) is 0. The van der Waals surface area contributed by atoms with Gasteiger partial charge in [-0.05, 0) is 55.9 Å². The Hall–Kier alpha value is -0.570. The molecule has 1 aliphatic carbocycles. The van der Waals surface area contributed by atoms with E-state index in [1.165, 1.54) is 32.1 Å². The molecular formula is C18H34N2O. The molecule has 0 bridgehead atoms. The first-order valence-corrected chi connectivity index (χ1v) is 9.02. The molecule has 1 heterocycles. The monoisotopic (exact) mass is 294 g/mol. The Balaban J connectivity index is 1.97. The van der Waals surface area contributed by atoms with Crippen LogP contribution in [0.5, 0.6) is 0 Å². The summed E-state index contributed by atoms with van der Waals surface area (Å²) in [5.74, 6) is 2.89. The van der Waals surface area contributed by atoms with Crippen molar-refractivity contribution in [2.75, 3.05) is 13.1 Å². The maximum atomic E-state index is 12.8. The molecule has 4 unspecified atom stereocenters. The molecule has 2 fully saturated rings. The molecule has 0 aromatic heterocycles. The van der Waals surface area contributed by atoms with Crippen molar-refractivity contribution in [3.63, 3.8) is 0 Å². The number of carbonyl (C=O) groups excluding carboxylic acids is 1. The van der Waals surface area contributed by atoms with E-state index in [-0.39, 0.29) is 0 Å². The molecule has 2 N–H and O–H groups in total. The van der Waals surface area contributed by atoms with Crippen LogP contribution in [-0.4, -0.2) is 29.9 Å². The van der Waals surface area contributed by atoms with Gasteiger partial charge in [-0.3, -0.25) is 4.79 Å². The summed E-state index contributed by atoms with van der Waals surface area (Å²) in [4.78, 5) is 15.0. The van der Waals surface area contributed by atoms with Gasteiger partial charge >= 0.3 is 0 Å². The maximum Gasteiger partial charge on any atom is 0.223 e. The van der Waals surface area contributed by atoms with Crippen LogP contribution in [0.1, 0.15) is 65.7 Å². The van der Waals surface area contributed by atoms with Crippen LogP contribution in [0.2, 0.25) is 0 Å². The minimum absolute atomic E-state index is 0.360. The maximum absolute atomic E-state index is 12.8. The molecule has 3 nitrogen and oxygen atoms in total. The van der Waals surface area contributed by atoms with E-state index in [4.69, 9.17) is 5.73 Å². The number of rotatable bonds is 5. The lowest BCUT2D eigenvalue weighted by Gasteiger charge is -2.47. The molecule has 0 aromatic carbocycles. The van der Waals surface area contributed by atoms with Crippen molar-refractivity contribution in [2.24, 2.45) is 29.4 Å². The highest BCUT2D eigenvalue weighted by Crippen LogP contribution is 2.39. The fourth-order valence-electron chi connectivity index (χ4n) is 4.52. The Morgan fingerprint density at radius 2 is 1.95 bits per heavy atom. The van der Waals surface area contributed by atoms with Crippen molar-refractivity contribution in [3.05, 3.63) is 0 Å². The van der Waals surface area contributed by atoms with Gasteiger partial charge < -0.3 is 10.6 Å². The van der Waals surface area contributed by atoms with Crippen molar-refractivity contribution in [1.82, 2.24) is 4.90 Å². The highest BCUT2D eigenvalue weighted by atomic mass is 16.2. The zero-order valence-corrected chi connectivity index (χ0v) is 14.2. The van der Waals surface area contributed by atoms with Gasteiger partial charge in [0.2, 0.25) is 5.91 Å². The lowest BCUT2D eigenvalue weighted by atomic mass is 9.72. The van der Waals surface area contributed by atoms with E-state index in [2.05, 4.69) is 25.7 Å². The first kappa shape index (κ1) is 16.8. The molecule has 0 spiro atoms. The van der Waals surface area contributed by atoms with Crippen LogP contribution in [0.4, 0.5) is 0 Å². The van der Waals surface area contributed by atoms with Crippen LogP contribution >= 0.6 is 0 Å². The molecule has 1 aliphatic heterocycles. The molecule has 21 heavy (non-hydrogen) atoms. The van der Waals surface area contributed by atoms with Crippen LogP contribution in [0, 0.1) is 23.7 Å². The molecule has 1 saturated heterocycles. The number of fused-ring (bicyclic) bond motifs is 1. The van der Waals surface area contributed by atoms with E-state index in [1.807, 2.05) is 0 Å². The molecule has 2 rings (SSSR count). The molecule has 1 amide bonds. The van der Waals surface area contributed by atoms with Gasteiger partial charge in [-0.1, -0.05) is 33.6 Å². The lowest BCUT2D eigenvalue weighted by molar-refractivity contribution is -0.140. The first-order chi connectivity index (χ1) is 10.0. The third-order valence-corrected chi connectivity index (χ3v) is 5.66. The Labute approximate surface area is 130 Å². The van der Waals surface area contributed by atoms with Crippen molar-refractivity contribution >= 4 is 5.91 Å². The number of likely N-dealkylation sites (tertiary alicyclic amines) is 1. The predicted octanol–water partition coefficient (Wildman–Crippen LogP) is 3.42. The summed E-state index contributed by atoms with van der Waals surface area (Å²) in [6.07, 6.45) is 8.10. The Kier molecular flexibility index (Phi) is 6.09. The summed E-state index contributed by atoms with van der Waals surface area (Å²) in [5, 5.41) is 0. The highest BCUT2D eigenvalue weighted by molar-refractivity contribution is 5.77. The van der Waals surface area contributed by atoms with Crippen molar-refractivity contribution in [1.29, 1.82) is 0 Å². The first-order valence-electron chi connectivity index (χ1n) is 9.02. The van der Waals surface area contributed by atoms with Gasteiger partial charge in [0.25, 0.3) is 0 Å². The SMILES string of the molecule is CC(C)CC(CN)CC(=O)N1CCC(C)C2CCCCC21. The number of carbonyl (C=O) groups is 1. The fraction of sp³-hybridized carbons (Fsp3) is 0.944. The number of hydrogen-bond acceptors (Lipinski definition) is 2. The number of nitrogens with two attached hydrogens (primary N) is 1. The van der Waals surface area contributed by atoms with Crippen LogP contribution in [0.3, 0.4) is 0 Å². The second-order valence-corrected chi connectivity index (χ2v) is 7.80. The van der Waals surface area contributed by atoms with Crippen molar-refractivity contribution in [3.8, 4) is 0 Å². The molecule has 2 aliphatic rings. The predicted molar refractivity (Wildman–Crippen MR) is 87.9 cm³/mol. The van der Waals surface area contributed by atoms with E-state index in [0.29, 0.717) is 36.8 Å². The van der Waals surface area contributed by atoms with E-state index in [9.17, 15) is 4.79 Å². The minimum atomic E-state index is 0.360. The van der Waals surface area contributed by atoms with E-state index in [1.54, 1.807) is 0 Å². The third kappa shape index (κ3) is 4.21. The Bertz CT molecular complexity index is 342. The average molecular weight is 294 g/mol. The number of hydrogen-bond donors (Lipinski definition) is 1.